The minimum absolute atomic E-state index is 0. The maximum atomic E-state index is 10.5. The van der Waals surface area contributed by atoms with Crippen molar-refractivity contribution in [2.24, 2.45) is 0 Å². The summed E-state index contributed by atoms with van der Waals surface area (Å²) < 4.78 is 14.9. The summed E-state index contributed by atoms with van der Waals surface area (Å²) in [6.07, 6.45) is 25.1. The van der Waals surface area contributed by atoms with Gasteiger partial charge in [-0.25, -0.2) is 4.57 Å². The first-order chi connectivity index (χ1) is 12.6. The molecule has 0 aromatic rings. The molecule has 0 saturated heterocycles. The Morgan fingerprint density at radius 3 is 1.07 bits per heavy atom. The number of unbranched alkanes of at least 4 members (excludes halogenated alkanes) is 18. The number of hydrogen-bond donors (Lipinski definition) is 2. The first-order valence-electron chi connectivity index (χ1n) is 11.3. The Kier molecular flexibility index (Phi) is 26.3. The third-order valence-corrected chi connectivity index (χ3v) is 5.53. The van der Waals surface area contributed by atoms with Gasteiger partial charge in [0.2, 0.25) is 0 Å². The van der Waals surface area contributed by atoms with E-state index < -0.39 is 7.82 Å². The summed E-state index contributed by atoms with van der Waals surface area (Å²) in [7, 11) is -4.26. The zero-order valence-electron chi connectivity index (χ0n) is 17.3. The average Bonchev–Trinajstić information content (AvgIpc) is 2.59. The quantitative estimate of drug-likeness (QED) is 0.122. The minimum atomic E-state index is -4.26. The third-order valence-electron chi connectivity index (χ3n) is 5.01. The van der Waals surface area contributed by atoms with E-state index in [0.29, 0.717) is 0 Å². The second kappa shape index (κ2) is 23.4. The van der Waals surface area contributed by atoms with E-state index in [-0.39, 0.29) is 36.2 Å². The fourth-order valence-corrected chi connectivity index (χ4v) is 3.73. The van der Waals surface area contributed by atoms with Crippen LogP contribution in [0, 0.1) is 0 Å². The van der Waals surface area contributed by atoms with E-state index >= 15 is 0 Å². The third kappa shape index (κ3) is 29.4. The van der Waals surface area contributed by atoms with Gasteiger partial charge in [-0.1, -0.05) is 122 Å². The van der Waals surface area contributed by atoms with Gasteiger partial charge in [0.05, 0.1) is 6.61 Å². The molecule has 0 spiro atoms. The van der Waals surface area contributed by atoms with Gasteiger partial charge in [-0.15, -0.1) is 0 Å². The Labute approximate surface area is 191 Å². The van der Waals surface area contributed by atoms with Crippen LogP contribution in [0.3, 0.4) is 0 Å². The first-order valence-corrected chi connectivity index (χ1v) is 12.8. The van der Waals surface area contributed by atoms with Crippen LogP contribution in [-0.4, -0.2) is 46.0 Å². The van der Waals surface area contributed by atoms with Gasteiger partial charge in [-0.2, -0.15) is 0 Å². The van der Waals surface area contributed by atoms with Crippen molar-refractivity contribution >= 4 is 37.4 Å². The van der Waals surface area contributed by atoms with Crippen molar-refractivity contribution in [1.29, 1.82) is 0 Å². The van der Waals surface area contributed by atoms with E-state index in [1.165, 1.54) is 103 Å². The molecule has 0 unspecified atom stereocenters. The van der Waals surface area contributed by atoms with Crippen LogP contribution in [0.5, 0.6) is 0 Å². The van der Waals surface area contributed by atoms with Crippen molar-refractivity contribution in [1.82, 2.24) is 0 Å². The van der Waals surface area contributed by atoms with Gasteiger partial charge < -0.3 is 9.79 Å². The Hall–Kier alpha value is 1.11. The standard InChI is InChI=1S/C21H45O4P.Na.H/c1-2-3-4-5-6-7-8-9-10-11-12-13-14-15-16-17-18-19-20-21-25-26(22,23)24;;/h2-21H2,1H3,(H2,22,23,24);;. The van der Waals surface area contributed by atoms with Gasteiger partial charge in [0.1, 0.15) is 0 Å². The summed E-state index contributed by atoms with van der Waals surface area (Å²) >= 11 is 0. The van der Waals surface area contributed by atoms with E-state index in [2.05, 4.69) is 11.4 Å². The Morgan fingerprint density at radius 2 is 0.815 bits per heavy atom. The van der Waals surface area contributed by atoms with E-state index in [9.17, 15) is 4.57 Å². The molecule has 0 amide bonds. The van der Waals surface area contributed by atoms with Crippen LogP contribution < -0.4 is 0 Å². The second-order valence-corrected chi connectivity index (χ2v) is 8.93. The van der Waals surface area contributed by atoms with Crippen molar-refractivity contribution in [2.45, 2.75) is 129 Å². The summed E-state index contributed by atoms with van der Waals surface area (Å²) in [6, 6.07) is 0. The molecule has 0 aliphatic heterocycles. The number of phosphoric acid groups is 1. The van der Waals surface area contributed by atoms with Gasteiger partial charge in [0.25, 0.3) is 0 Å². The average molecular weight is 417 g/mol. The molecule has 0 heterocycles. The van der Waals surface area contributed by atoms with Crippen LogP contribution in [0.2, 0.25) is 0 Å². The van der Waals surface area contributed by atoms with Gasteiger partial charge in [0.15, 0.2) is 0 Å². The molecule has 0 fully saturated rings. The molecule has 4 nitrogen and oxygen atoms in total. The summed E-state index contributed by atoms with van der Waals surface area (Å²) in [6.45, 7) is 2.45. The molecule has 0 saturated carbocycles. The molecule has 27 heavy (non-hydrogen) atoms. The molecular formula is C21H46NaO4P. The number of hydrogen-bond acceptors (Lipinski definition) is 2. The molecule has 0 atom stereocenters. The van der Waals surface area contributed by atoms with Crippen LogP contribution in [0.15, 0.2) is 0 Å². The normalized spacial score (nSPS) is 11.5. The second-order valence-electron chi connectivity index (χ2n) is 7.69. The van der Waals surface area contributed by atoms with Gasteiger partial charge in [-0.05, 0) is 6.42 Å². The maximum absolute atomic E-state index is 10.5. The zero-order chi connectivity index (χ0) is 19.3. The van der Waals surface area contributed by atoms with E-state index in [4.69, 9.17) is 9.79 Å². The van der Waals surface area contributed by atoms with Gasteiger partial charge in [0, 0.05) is 0 Å². The molecule has 0 aliphatic carbocycles. The van der Waals surface area contributed by atoms with Crippen LogP contribution in [0.4, 0.5) is 0 Å². The summed E-state index contributed by atoms with van der Waals surface area (Å²) in [4.78, 5) is 17.1. The predicted octanol–water partition coefficient (Wildman–Crippen LogP) is 6.88. The van der Waals surface area contributed by atoms with Crippen molar-refractivity contribution in [3.63, 3.8) is 0 Å². The first kappa shape index (κ1) is 30.3. The summed E-state index contributed by atoms with van der Waals surface area (Å²) in [5.41, 5.74) is 0. The van der Waals surface area contributed by atoms with E-state index in [0.717, 1.165) is 19.3 Å². The molecule has 0 radical (unpaired) electrons. The van der Waals surface area contributed by atoms with Crippen LogP contribution >= 0.6 is 7.82 Å². The predicted molar refractivity (Wildman–Crippen MR) is 119 cm³/mol. The summed E-state index contributed by atoms with van der Waals surface area (Å²) in [5, 5.41) is 0. The Bertz CT molecular complexity index is 323. The van der Waals surface area contributed by atoms with Gasteiger partial charge >= 0.3 is 37.4 Å². The summed E-state index contributed by atoms with van der Waals surface area (Å²) in [5.74, 6) is 0. The molecule has 0 aromatic carbocycles. The zero-order valence-corrected chi connectivity index (χ0v) is 18.2. The van der Waals surface area contributed by atoms with Crippen molar-refractivity contribution in [2.75, 3.05) is 6.61 Å². The fraction of sp³-hybridized carbons (Fsp3) is 1.00. The Balaban J connectivity index is 0. The molecule has 0 rings (SSSR count). The molecule has 0 bridgehead atoms. The Morgan fingerprint density at radius 1 is 0.556 bits per heavy atom. The number of rotatable bonds is 21. The molecule has 0 aliphatic rings. The van der Waals surface area contributed by atoms with Crippen LogP contribution in [0.1, 0.15) is 129 Å². The molecular weight excluding hydrogens is 370 g/mol. The van der Waals surface area contributed by atoms with Crippen molar-refractivity contribution < 1.29 is 18.9 Å². The van der Waals surface area contributed by atoms with Gasteiger partial charge in [-0.3, -0.25) is 4.52 Å². The molecule has 160 valence electrons. The fourth-order valence-electron chi connectivity index (χ4n) is 3.36. The van der Waals surface area contributed by atoms with Crippen molar-refractivity contribution in [3.05, 3.63) is 0 Å². The number of phosphoric ester groups is 1. The van der Waals surface area contributed by atoms with E-state index in [1.54, 1.807) is 0 Å². The topological polar surface area (TPSA) is 66.8 Å². The van der Waals surface area contributed by atoms with E-state index in [1.807, 2.05) is 0 Å². The molecule has 0 aromatic heterocycles. The molecule has 2 N–H and O–H groups in total. The van der Waals surface area contributed by atoms with Crippen LogP contribution in [-0.2, 0) is 9.09 Å². The monoisotopic (exact) mass is 416 g/mol. The van der Waals surface area contributed by atoms with Crippen molar-refractivity contribution in [3.8, 4) is 0 Å². The van der Waals surface area contributed by atoms with Crippen LogP contribution in [0.25, 0.3) is 0 Å². The molecule has 6 heteroatoms. The SMILES string of the molecule is CCCCCCCCCCCCCCCCCCCCCOP(=O)(O)O.[NaH].